The van der Waals surface area contributed by atoms with Crippen LogP contribution in [0.1, 0.15) is 74.0 Å². The molecule has 0 atom stereocenters. The summed E-state index contributed by atoms with van der Waals surface area (Å²) in [7, 11) is 0. The lowest BCUT2D eigenvalue weighted by molar-refractivity contribution is -0.213. The van der Waals surface area contributed by atoms with Gasteiger partial charge in [0.2, 0.25) is 0 Å². The predicted octanol–water partition coefficient (Wildman–Crippen LogP) is 1.99. The summed E-state index contributed by atoms with van der Waals surface area (Å²) in [6.45, 7) is 1.48. The number of benzene rings is 1. The first-order chi connectivity index (χ1) is 19.4. The molecule has 8 bridgehead atoms. The van der Waals surface area contributed by atoms with E-state index in [1.165, 1.54) is 0 Å². The Balaban J connectivity index is 1.34. The highest BCUT2D eigenvalue weighted by Gasteiger charge is 2.23. The molecule has 1 aliphatic carbocycles. The topological polar surface area (TPSA) is 148 Å². The number of nitrogens with zero attached hydrogens (tertiary/aromatic N) is 3. The van der Waals surface area contributed by atoms with Crippen LogP contribution >= 0.6 is 0 Å². The zero-order chi connectivity index (χ0) is 27.9. The summed E-state index contributed by atoms with van der Waals surface area (Å²) >= 11 is 0. The van der Waals surface area contributed by atoms with E-state index in [2.05, 4.69) is 30.9 Å². The van der Waals surface area contributed by atoms with Crippen molar-refractivity contribution < 1.29 is 19.5 Å². The molecule has 206 valence electrons. The standard InChI is InChI=1S/C30H32N6O4/c37-27-23-3-1-4-24(35-23)28(38)32-16-20-9-13-22(14-10-20)18-34-30(40)26-6-2-5-25(36-26)29(39)33-17-21-11-7-19(8-12-21)15-31-27/h1-8,11-12,20,22H,9-10,13-18H2,(H,31,37)(H,32,38)(H,33,39)(H,34,40)/p-1. The van der Waals surface area contributed by atoms with E-state index in [1.54, 1.807) is 36.4 Å². The molecule has 2 aromatic heterocycles. The van der Waals surface area contributed by atoms with Crippen molar-refractivity contribution in [1.29, 1.82) is 0 Å². The van der Waals surface area contributed by atoms with Gasteiger partial charge in [0.25, 0.3) is 17.7 Å². The maximum absolute atomic E-state index is 12.7. The van der Waals surface area contributed by atoms with Crippen LogP contribution in [0.15, 0.2) is 65.7 Å². The fourth-order valence-corrected chi connectivity index (χ4v) is 4.94. The smallest absolute Gasteiger partial charge is 0.270 e. The van der Waals surface area contributed by atoms with Gasteiger partial charge in [-0.15, -0.1) is 0 Å². The van der Waals surface area contributed by atoms with Crippen LogP contribution in [-0.2, 0) is 13.1 Å². The molecule has 3 aromatic rings. The summed E-state index contributed by atoms with van der Waals surface area (Å²) in [5, 5.41) is 21.4. The Kier molecular flexibility index (Phi) is 8.44. The van der Waals surface area contributed by atoms with Gasteiger partial charge in [-0.3, -0.25) is 19.4 Å². The van der Waals surface area contributed by atoms with E-state index < -0.39 is 5.90 Å². The van der Waals surface area contributed by atoms with Crippen molar-refractivity contribution in [1.82, 2.24) is 25.9 Å². The third kappa shape index (κ3) is 6.88. The maximum Gasteiger partial charge on any atom is 0.270 e. The van der Waals surface area contributed by atoms with Gasteiger partial charge in [-0.2, -0.15) is 0 Å². The van der Waals surface area contributed by atoms with E-state index >= 15 is 0 Å². The molecule has 40 heavy (non-hydrogen) atoms. The van der Waals surface area contributed by atoms with Crippen molar-refractivity contribution in [3.8, 4) is 0 Å². The van der Waals surface area contributed by atoms with Gasteiger partial charge in [-0.25, -0.2) is 9.97 Å². The van der Waals surface area contributed by atoms with Gasteiger partial charge < -0.3 is 21.1 Å². The van der Waals surface area contributed by atoms with Crippen LogP contribution in [0.2, 0.25) is 0 Å². The van der Waals surface area contributed by atoms with Gasteiger partial charge in [0.05, 0.1) is 12.2 Å². The number of aromatic nitrogens is 2. The Bertz CT molecular complexity index is 1410. The van der Waals surface area contributed by atoms with E-state index in [9.17, 15) is 19.5 Å². The van der Waals surface area contributed by atoms with Crippen LogP contribution in [0.25, 0.3) is 0 Å². The molecule has 10 nitrogen and oxygen atoms in total. The van der Waals surface area contributed by atoms with E-state index in [0.29, 0.717) is 24.9 Å². The number of rotatable bonds is 0. The van der Waals surface area contributed by atoms with Gasteiger partial charge in [0.15, 0.2) is 0 Å². The third-order valence-corrected chi connectivity index (χ3v) is 7.37. The lowest BCUT2D eigenvalue weighted by atomic mass is 9.82. The summed E-state index contributed by atoms with van der Waals surface area (Å²) in [6.07, 6.45) is 3.73. The monoisotopic (exact) mass is 539 g/mol. The lowest BCUT2D eigenvalue weighted by Crippen LogP contribution is -2.35. The second-order valence-corrected chi connectivity index (χ2v) is 10.2. The Morgan fingerprint density at radius 3 is 1.60 bits per heavy atom. The van der Waals surface area contributed by atoms with Crippen molar-refractivity contribution in [3.63, 3.8) is 0 Å². The second kappa shape index (κ2) is 12.5. The van der Waals surface area contributed by atoms with E-state index in [1.807, 2.05) is 24.3 Å². The average molecular weight is 540 g/mol. The van der Waals surface area contributed by atoms with Crippen molar-refractivity contribution >= 4 is 23.6 Å². The molecule has 6 heterocycles. The number of pyridine rings is 2. The van der Waals surface area contributed by atoms with Crippen LogP contribution in [0.4, 0.5) is 0 Å². The molecule has 0 saturated heterocycles. The molecule has 1 aromatic carbocycles. The highest BCUT2D eigenvalue weighted by atomic mass is 16.3. The molecular weight excluding hydrogens is 508 g/mol. The summed E-state index contributed by atoms with van der Waals surface area (Å²) in [4.78, 5) is 50.8. The molecule has 3 N–H and O–H groups in total. The molecule has 0 spiro atoms. The Morgan fingerprint density at radius 2 is 1.05 bits per heavy atom. The van der Waals surface area contributed by atoms with Gasteiger partial charge >= 0.3 is 0 Å². The first-order valence-corrected chi connectivity index (χ1v) is 13.5. The van der Waals surface area contributed by atoms with Crippen molar-refractivity contribution in [2.24, 2.45) is 16.8 Å². The summed E-state index contributed by atoms with van der Waals surface area (Å²) in [6, 6.07) is 16.9. The number of aliphatic imine (C=N–C) groups is 1. The zero-order valence-electron chi connectivity index (χ0n) is 22.1. The second-order valence-electron chi connectivity index (χ2n) is 10.2. The molecule has 1 fully saturated rings. The van der Waals surface area contributed by atoms with E-state index in [-0.39, 0.29) is 53.6 Å². The predicted molar refractivity (Wildman–Crippen MR) is 146 cm³/mol. The van der Waals surface area contributed by atoms with Gasteiger partial charge in [-0.1, -0.05) is 36.4 Å². The van der Waals surface area contributed by atoms with Crippen molar-refractivity contribution in [3.05, 3.63) is 94.6 Å². The molecule has 0 radical (unpaired) electrons. The Labute approximate surface area is 232 Å². The molecule has 4 aliphatic heterocycles. The fraction of sp³-hybridized carbons (Fsp3) is 0.333. The Hall–Kier alpha value is -4.60. The number of hydrogen-bond acceptors (Lipinski definition) is 7. The maximum atomic E-state index is 12.7. The number of nitrogens with one attached hydrogen (secondary N) is 3. The largest absolute Gasteiger partial charge is 0.857 e. The first-order valence-electron chi connectivity index (χ1n) is 13.5. The minimum Gasteiger partial charge on any atom is -0.857 e. The number of amides is 3. The van der Waals surface area contributed by atoms with Crippen LogP contribution in [0.3, 0.4) is 0 Å². The minimum atomic E-state index is -0.493. The lowest BCUT2D eigenvalue weighted by Gasteiger charge is -2.28. The molecule has 0 unspecified atom stereocenters. The van der Waals surface area contributed by atoms with Crippen LogP contribution in [0, 0.1) is 11.8 Å². The minimum absolute atomic E-state index is 0.119. The number of carbonyl (C=O) groups excluding carboxylic acids is 3. The zero-order valence-corrected chi connectivity index (χ0v) is 22.1. The van der Waals surface area contributed by atoms with Crippen molar-refractivity contribution in [2.75, 3.05) is 13.1 Å². The van der Waals surface area contributed by atoms with Crippen molar-refractivity contribution in [2.45, 2.75) is 38.8 Å². The molecule has 5 aliphatic rings. The SMILES string of the molecule is O=C1NCc2ccc(cc2)CN=C([O-])c2cccc(n2)C(=O)NCC2CCC(CC2)CNC(=O)c2cccc1n2. The molecule has 1 saturated carbocycles. The number of carbonyl (C=O) groups is 3. The fourth-order valence-electron chi connectivity index (χ4n) is 4.94. The molecule has 3 amide bonds. The molecular formula is C30H31N6O4-. The van der Waals surface area contributed by atoms with Crippen LogP contribution in [0.5, 0.6) is 0 Å². The third-order valence-electron chi connectivity index (χ3n) is 7.37. The highest BCUT2D eigenvalue weighted by molar-refractivity contribution is 5.96. The van der Waals surface area contributed by atoms with Crippen LogP contribution < -0.4 is 21.1 Å². The molecule has 10 heteroatoms. The highest BCUT2D eigenvalue weighted by Crippen LogP contribution is 2.28. The summed E-state index contributed by atoms with van der Waals surface area (Å²) < 4.78 is 0. The Morgan fingerprint density at radius 1 is 0.600 bits per heavy atom. The average Bonchev–Trinajstić information content (AvgIpc) is 3.00. The first kappa shape index (κ1) is 27.0. The number of hydrogen-bond donors (Lipinski definition) is 3. The van der Waals surface area contributed by atoms with Gasteiger partial charge in [-0.05, 0) is 72.9 Å². The van der Waals surface area contributed by atoms with E-state index in [4.69, 9.17) is 0 Å². The normalized spacial score (nSPS) is 20.7. The quantitative estimate of drug-likeness (QED) is 0.398. The summed E-state index contributed by atoms with van der Waals surface area (Å²) in [5.74, 6) is -0.825. The van der Waals surface area contributed by atoms with Crippen LogP contribution in [-0.4, -0.2) is 46.7 Å². The summed E-state index contributed by atoms with van der Waals surface area (Å²) in [5.41, 5.74) is 2.34. The van der Waals surface area contributed by atoms with Gasteiger partial charge in [0, 0.05) is 25.5 Å². The van der Waals surface area contributed by atoms with Gasteiger partial charge in [0.1, 0.15) is 17.1 Å². The molecule has 8 rings (SSSR count). The van der Waals surface area contributed by atoms with E-state index in [0.717, 1.165) is 36.8 Å².